The Labute approximate surface area is 86.5 Å². The van der Waals surface area contributed by atoms with Gasteiger partial charge in [0.15, 0.2) is 11.5 Å². The highest BCUT2D eigenvalue weighted by Gasteiger charge is 2.00. The number of ether oxygens (including phenoxy) is 1. The fourth-order valence-electron chi connectivity index (χ4n) is 1.17. The van der Waals surface area contributed by atoms with E-state index in [0.29, 0.717) is 5.75 Å². The van der Waals surface area contributed by atoms with Crippen molar-refractivity contribution in [3.63, 3.8) is 0 Å². The van der Waals surface area contributed by atoms with Crippen molar-refractivity contribution in [1.82, 2.24) is 0 Å². The van der Waals surface area contributed by atoms with E-state index in [1.165, 1.54) is 5.56 Å². The van der Waals surface area contributed by atoms with E-state index in [1.807, 2.05) is 26.0 Å². The van der Waals surface area contributed by atoms with Gasteiger partial charge in [-0.05, 0) is 24.1 Å². The van der Waals surface area contributed by atoms with Gasteiger partial charge in [-0.1, -0.05) is 33.3 Å². The first-order valence-electron chi connectivity index (χ1n) is 5.13. The van der Waals surface area contributed by atoms with Crippen molar-refractivity contribution in [2.45, 2.75) is 33.6 Å². The van der Waals surface area contributed by atoms with Crippen LogP contribution in [0.2, 0.25) is 0 Å². The second-order valence-electron chi connectivity index (χ2n) is 2.76. The largest absolute Gasteiger partial charge is 0.504 e. The number of benzene rings is 1. The summed E-state index contributed by atoms with van der Waals surface area (Å²) in [5, 5.41) is 9.28. The van der Waals surface area contributed by atoms with E-state index < -0.39 is 0 Å². The average Bonchev–Trinajstić information content (AvgIpc) is 2.24. The third-order valence-corrected chi connectivity index (χ3v) is 1.78. The highest BCUT2D eigenvalue weighted by Crippen LogP contribution is 2.26. The first-order valence-corrected chi connectivity index (χ1v) is 5.13. The Morgan fingerprint density at radius 1 is 1.29 bits per heavy atom. The number of aromatic hydroxyl groups is 1. The zero-order valence-electron chi connectivity index (χ0n) is 9.50. The standard InChI is InChI=1S/C10H14O2.C2H6/c1-3-4-8-5-6-9(11)10(7-8)12-2;1-2/h5-7,11H,3-4H2,1-2H3;1-2H3. The minimum Gasteiger partial charge on any atom is -0.504 e. The van der Waals surface area contributed by atoms with E-state index >= 15 is 0 Å². The van der Waals surface area contributed by atoms with Crippen LogP contribution in [0.5, 0.6) is 11.5 Å². The summed E-state index contributed by atoms with van der Waals surface area (Å²) in [5.41, 5.74) is 1.20. The summed E-state index contributed by atoms with van der Waals surface area (Å²) in [6.45, 7) is 6.12. The van der Waals surface area contributed by atoms with Crippen LogP contribution in [0.3, 0.4) is 0 Å². The van der Waals surface area contributed by atoms with Gasteiger partial charge in [-0.15, -0.1) is 0 Å². The fourth-order valence-corrected chi connectivity index (χ4v) is 1.17. The lowest BCUT2D eigenvalue weighted by Gasteiger charge is -2.05. The van der Waals surface area contributed by atoms with Gasteiger partial charge in [0.05, 0.1) is 7.11 Å². The lowest BCUT2D eigenvalue weighted by molar-refractivity contribution is 0.373. The van der Waals surface area contributed by atoms with Crippen LogP contribution < -0.4 is 4.74 Å². The van der Waals surface area contributed by atoms with Crippen LogP contribution in [0, 0.1) is 0 Å². The van der Waals surface area contributed by atoms with Gasteiger partial charge < -0.3 is 9.84 Å². The summed E-state index contributed by atoms with van der Waals surface area (Å²) in [4.78, 5) is 0. The van der Waals surface area contributed by atoms with Crippen molar-refractivity contribution >= 4 is 0 Å². The van der Waals surface area contributed by atoms with E-state index in [2.05, 4.69) is 6.92 Å². The summed E-state index contributed by atoms with van der Waals surface area (Å²) in [6.07, 6.45) is 2.13. The van der Waals surface area contributed by atoms with E-state index in [0.717, 1.165) is 12.8 Å². The molecule has 0 aliphatic carbocycles. The smallest absolute Gasteiger partial charge is 0.160 e. The first kappa shape index (κ1) is 12.8. The molecule has 0 unspecified atom stereocenters. The molecule has 0 aromatic heterocycles. The third-order valence-electron chi connectivity index (χ3n) is 1.78. The Morgan fingerprint density at radius 2 is 1.93 bits per heavy atom. The van der Waals surface area contributed by atoms with Crippen LogP contribution in [0.15, 0.2) is 18.2 Å². The molecule has 0 spiro atoms. The van der Waals surface area contributed by atoms with E-state index in [1.54, 1.807) is 13.2 Å². The molecular weight excluding hydrogens is 176 g/mol. The van der Waals surface area contributed by atoms with Crippen molar-refractivity contribution in [2.75, 3.05) is 7.11 Å². The number of phenolic OH excluding ortho intramolecular Hbond substituents is 1. The molecule has 14 heavy (non-hydrogen) atoms. The molecule has 0 atom stereocenters. The molecule has 0 radical (unpaired) electrons. The zero-order valence-corrected chi connectivity index (χ0v) is 9.50. The Kier molecular flexibility index (Phi) is 6.63. The molecule has 80 valence electrons. The molecule has 0 aliphatic rings. The van der Waals surface area contributed by atoms with Gasteiger partial charge >= 0.3 is 0 Å². The number of rotatable bonds is 3. The van der Waals surface area contributed by atoms with Crippen LogP contribution in [-0.2, 0) is 6.42 Å². The minimum absolute atomic E-state index is 0.206. The maximum absolute atomic E-state index is 9.28. The SMILES string of the molecule is CC.CCCc1ccc(O)c(OC)c1. The second-order valence-corrected chi connectivity index (χ2v) is 2.76. The minimum atomic E-state index is 0.206. The lowest BCUT2D eigenvalue weighted by atomic mass is 10.1. The molecule has 0 fully saturated rings. The summed E-state index contributed by atoms with van der Waals surface area (Å²) < 4.78 is 4.98. The Hall–Kier alpha value is -1.18. The molecule has 1 N–H and O–H groups in total. The molecule has 0 heterocycles. The number of aryl methyl sites for hydroxylation is 1. The maximum atomic E-state index is 9.28. The predicted molar refractivity (Wildman–Crippen MR) is 60.0 cm³/mol. The van der Waals surface area contributed by atoms with Crippen LogP contribution in [0.4, 0.5) is 0 Å². The van der Waals surface area contributed by atoms with E-state index in [4.69, 9.17) is 4.74 Å². The zero-order chi connectivity index (χ0) is 11.0. The van der Waals surface area contributed by atoms with Crippen molar-refractivity contribution < 1.29 is 9.84 Å². The molecule has 0 aliphatic heterocycles. The molecule has 1 aromatic rings. The van der Waals surface area contributed by atoms with Crippen LogP contribution >= 0.6 is 0 Å². The van der Waals surface area contributed by atoms with Gasteiger partial charge in [0.25, 0.3) is 0 Å². The summed E-state index contributed by atoms with van der Waals surface area (Å²) in [7, 11) is 1.56. The quantitative estimate of drug-likeness (QED) is 0.803. The Balaban J connectivity index is 0.000000791. The first-order chi connectivity index (χ1) is 6.77. The summed E-state index contributed by atoms with van der Waals surface area (Å²) >= 11 is 0. The van der Waals surface area contributed by atoms with Gasteiger partial charge in [0.1, 0.15) is 0 Å². The molecule has 0 saturated heterocycles. The lowest BCUT2D eigenvalue weighted by Crippen LogP contribution is -1.87. The monoisotopic (exact) mass is 196 g/mol. The highest BCUT2D eigenvalue weighted by atomic mass is 16.5. The predicted octanol–water partition coefficient (Wildman–Crippen LogP) is 3.38. The molecule has 2 heteroatoms. The summed E-state index contributed by atoms with van der Waals surface area (Å²) in [5.74, 6) is 0.762. The molecule has 2 nitrogen and oxygen atoms in total. The summed E-state index contributed by atoms with van der Waals surface area (Å²) in [6, 6.07) is 5.46. The highest BCUT2D eigenvalue weighted by molar-refractivity contribution is 5.41. The van der Waals surface area contributed by atoms with E-state index in [9.17, 15) is 5.11 Å². The Morgan fingerprint density at radius 3 is 2.43 bits per heavy atom. The van der Waals surface area contributed by atoms with Crippen molar-refractivity contribution in [3.05, 3.63) is 23.8 Å². The van der Waals surface area contributed by atoms with Crippen LogP contribution in [0.25, 0.3) is 0 Å². The van der Waals surface area contributed by atoms with Crippen molar-refractivity contribution in [1.29, 1.82) is 0 Å². The van der Waals surface area contributed by atoms with Crippen LogP contribution in [-0.4, -0.2) is 12.2 Å². The molecular formula is C12H20O2. The second kappa shape index (κ2) is 7.25. The van der Waals surface area contributed by atoms with Gasteiger partial charge in [-0.25, -0.2) is 0 Å². The van der Waals surface area contributed by atoms with E-state index in [-0.39, 0.29) is 5.75 Å². The van der Waals surface area contributed by atoms with Gasteiger partial charge in [0.2, 0.25) is 0 Å². The molecule has 0 bridgehead atoms. The molecule has 0 amide bonds. The number of phenols is 1. The van der Waals surface area contributed by atoms with Gasteiger partial charge in [-0.2, -0.15) is 0 Å². The molecule has 0 saturated carbocycles. The van der Waals surface area contributed by atoms with Crippen LogP contribution in [0.1, 0.15) is 32.8 Å². The topological polar surface area (TPSA) is 29.5 Å². The maximum Gasteiger partial charge on any atom is 0.160 e. The molecule has 1 aromatic carbocycles. The van der Waals surface area contributed by atoms with Gasteiger partial charge in [-0.3, -0.25) is 0 Å². The van der Waals surface area contributed by atoms with Crippen molar-refractivity contribution in [2.24, 2.45) is 0 Å². The average molecular weight is 196 g/mol. The number of hydrogen-bond acceptors (Lipinski definition) is 2. The number of hydrogen-bond donors (Lipinski definition) is 1. The Bertz CT molecular complexity index is 256. The molecule has 1 rings (SSSR count). The third kappa shape index (κ3) is 3.69. The van der Waals surface area contributed by atoms with Gasteiger partial charge in [0, 0.05) is 0 Å². The number of methoxy groups -OCH3 is 1. The fraction of sp³-hybridized carbons (Fsp3) is 0.500. The van der Waals surface area contributed by atoms with Crippen molar-refractivity contribution in [3.8, 4) is 11.5 Å². The normalized spacial score (nSPS) is 8.86.